The first-order valence-corrected chi connectivity index (χ1v) is 13.1. The fourth-order valence-corrected chi connectivity index (χ4v) is 4.45. The smallest absolute Gasteiger partial charge is 0.244 e. The van der Waals surface area contributed by atoms with Gasteiger partial charge in [0, 0.05) is 13.1 Å². The number of carbonyl (C=O) groups is 2. The number of nitrogens with zero attached hydrogens (tertiary/aromatic N) is 2. The average Bonchev–Trinajstić information content (AvgIpc) is 2.80. The van der Waals surface area contributed by atoms with E-state index in [0.29, 0.717) is 18.0 Å². The Morgan fingerprint density at radius 2 is 1.79 bits per heavy atom. The largest absolute Gasteiger partial charge is 0.497 e. The van der Waals surface area contributed by atoms with Gasteiger partial charge in [-0.15, -0.1) is 0 Å². The molecule has 9 heteroatoms. The van der Waals surface area contributed by atoms with E-state index in [2.05, 4.69) is 5.32 Å². The van der Waals surface area contributed by atoms with E-state index in [0.717, 1.165) is 33.7 Å². The van der Waals surface area contributed by atoms with Crippen molar-refractivity contribution in [2.45, 2.75) is 46.7 Å². The van der Waals surface area contributed by atoms with Crippen molar-refractivity contribution in [1.82, 2.24) is 10.2 Å². The molecule has 0 aliphatic carbocycles. The van der Waals surface area contributed by atoms with Crippen LogP contribution in [0.25, 0.3) is 0 Å². The van der Waals surface area contributed by atoms with E-state index < -0.39 is 28.5 Å². The van der Waals surface area contributed by atoms with Crippen molar-refractivity contribution in [3.63, 3.8) is 0 Å². The maximum Gasteiger partial charge on any atom is 0.244 e. The highest BCUT2D eigenvalue weighted by Crippen LogP contribution is 2.25. The number of amides is 2. The minimum absolute atomic E-state index is 0.126. The lowest BCUT2D eigenvalue weighted by molar-refractivity contribution is -0.139. The van der Waals surface area contributed by atoms with Crippen molar-refractivity contribution in [1.29, 1.82) is 0 Å². The Bertz CT molecular complexity index is 1120. The van der Waals surface area contributed by atoms with Gasteiger partial charge < -0.3 is 15.0 Å². The average molecular weight is 490 g/mol. The summed E-state index contributed by atoms with van der Waals surface area (Å²) < 4.78 is 31.8. The highest BCUT2D eigenvalue weighted by Gasteiger charge is 2.30. The van der Waals surface area contributed by atoms with E-state index in [1.807, 2.05) is 32.9 Å². The predicted molar refractivity (Wildman–Crippen MR) is 134 cm³/mol. The molecule has 1 atom stereocenters. The molecule has 2 aromatic carbocycles. The van der Waals surface area contributed by atoms with Crippen LogP contribution < -0.4 is 14.4 Å². The van der Waals surface area contributed by atoms with E-state index >= 15 is 0 Å². The molecule has 1 unspecified atom stereocenters. The molecule has 0 spiro atoms. The Hall–Kier alpha value is -3.07. The van der Waals surface area contributed by atoms with Crippen molar-refractivity contribution < 1.29 is 22.7 Å². The molecule has 2 aromatic rings. The molecule has 0 radical (unpaired) electrons. The summed E-state index contributed by atoms with van der Waals surface area (Å²) in [6.07, 6.45) is 1.84. The van der Waals surface area contributed by atoms with Crippen LogP contribution in [0.2, 0.25) is 0 Å². The van der Waals surface area contributed by atoms with Gasteiger partial charge in [-0.05, 0) is 62.1 Å². The molecule has 2 rings (SSSR count). The number of sulfonamides is 1. The summed E-state index contributed by atoms with van der Waals surface area (Å²) in [4.78, 5) is 27.7. The van der Waals surface area contributed by atoms with Gasteiger partial charge in [-0.25, -0.2) is 8.42 Å². The van der Waals surface area contributed by atoms with Crippen LogP contribution in [-0.4, -0.2) is 57.6 Å². The van der Waals surface area contributed by atoms with Crippen LogP contribution in [0.5, 0.6) is 5.75 Å². The van der Waals surface area contributed by atoms with E-state index in [-0.39, 0.29) is 12.5 Å². The van der Waals surface area contributed by atoms with Crippen molar-refractivity contribution in [3.05, 3.63) is 59.2 Å². The summed E-state index contributed by atoms with van der Waals surface area (Å²) in [6, 6.07) is 11.7. The lowest BCUT2D eigenvalue weighted by Crippen LogP contribution is -2.51. The number of methoxy groups -OCH3 is 1. The van der Waals surface area contributed by atoms with Crippen LogP contribution >= 0.6 is 0 Å². The molecule has 186 valence electrons. The highest BCUT2D eigenvalue weighted by atomic mass is 32.2. The molecule has 0 aliphatic heterocycles. The molecule has 0 fully saturated rings. The summed E-state index contributed by atoms with van der Waals surface area (Å²) in [5, 5.41) is 2.82. The Balaban J connectivity index is 2.43. The van der Waals surface area contributed by atoms with E-state index in [9.17, 15) is 18.0 Å². The van der Waals surface area contributed by atoms with Gasteiger partial charge in [0.05, 0.1) is 19.1 Å². The second-order valence-corrected chi connectivity index (χ2v) is 10.2. The van der Waals surface area contributed by atoms with E-state index in [1.54, 1.807) is 44.4 Å². The molecule has 34 heavy (non-hydrogen) atoms. The van der Waals surface area contributed by atoms with Gasteiger partial charge in [0.2, 0.25) is 21.8 Å². The molecular formula is C25H35N3O5S. The van der Waals surface area contributed by atoms with Crippen molar-refractivity contribution >= 4 is 27.5 Å². The SMILES string of the molecule is CCCNC(=O)C(C)N(Cc1cccc(OC)c1)C(=O)CN(c1cccc(C)c1C)S(C)(=O)=O. The third-order valence-electron chi connectivity index (χ3n) is 5.73. The van der Waals surface area contributed by atoms with Gasteiger partial charge in [-0.1, -0.05) is 31.2 Å². The molecule has 0 heterocycles. The van der Waals surface area contributed by atoms with Crippen molar-refractivity contribution in [2.75, 3.05) is 30.8 Å². The van der Waals surface area contributed by atoms with Crippen LogP contribution in [-0.2, 0) is 26.2 Å². The Kier molecular flexibility index (Phi) is 9.49. The first-order valence-electron chi connectivity index (χ1n) is 11.2. The first kappa shape index (κ1) is 27.2. The number of carbonyl (C=O) groups excluding carboxylic acids is 2. The molecule has 0 aromatic heterocycles. The molecule has 2 amide bonds. The molecule has 0 saturated carbocycles. The third-order valence-corrected chi connectivity index (χ3v) is 6.85. The third kappa shape index (κ3) is 6.96. The van der Waals surface area contributed by atoms with Crippen LogP contribution in [0.1, 0.15) is 37.0 Å². The zero-order chi connectivity index (χ0) is 25.5. The highest BCUT2D eigenvalue weighted by molar-refractivity contribution is 7.92. The number of benzene rings is 2. The quantitative estimate of drug-likeness (QED) is 0.523. The topological polar surface area (TPSA) is 96.0 Å². The van der Waals surface area contributed by atoms with E-state index in [1.165, 1.54) is 4.90 Å². The van der Waals surface area contributed by atoms with Gasteiger partial charge in [0.1, 0.15) is 18.3 Å². The number of anilines is 1. The zero-order valence-corrected chi connectivity index (χ0v) is 21.6. The number of rotatable bonds is 11. The van der Waals surface area contributed by atoms with Gasteiger partial charge in [0.15, 0.2) is 0 Å². The molecule has 1 N–H and O–H groups in total. The lowest BCUT2D eigenvalue weighted by atomic mass is 10.1. The minimum atomic E-state index is -3.76. The normalized spacial score (nSPS) is 12.1. The number of aryl methyl sites for hydroxylation is 1. The Morgan fingerprint density at radius 3 is 2.41 bits per heavy atom. The summed E-state index contributed by atoms with van der Waals surface area (Å²) in [6.45, 7) is 7.49. The van der Waals surface area contributed by atoms with Crippen LogP contribution in [0, 0.1) is 13.8 Å². The zero-order valence-electron chi connectivity index (χ0n) is 20.8. The Labute approximate surface area is 202 Å². The maximum absolute atomic E-state index is 13.6. The van der Waals surface area contributed by atoms with Crippen molar-refractivity contribution in [3.8, 4) is 5.75 Å². The van der Waals surface area contributed by atoms with Gasteiger partial charge in [0.25, 0.3) is 0 Å². The standard InChI is InChI=1S/C25H35N3O5S/c1-7-14-26-25(30)20(4)27(16-21-11-9-12-22(15-21)33-5)24(29)17-28(34(6,31)32)23-13-8-10-18(2)19(23)3/h8-13,15,20H,7,14,16-17H2,1-6H3,(H,26,30). The maximum atomic E-state index is 13.6. The number of ether oxygens (including phenoxy) is 1. The molecule has 8 nitrogen and oxygen atoms in total. The van der Waals surface area contributed by atoms with E-state index in [4.69, 9.17) is 4.74 Å². The molecule has 0 aliphatic rings. The summed E-state index contributed by atoms with van der Waals surface area (Å²) >= 11 is 0. The molecule has 0 saturated heterocycles. The minimum Gasteiger partial charge on any atom is -0.497 e. The summed E-state index contributed by atoms with van der Waals surface area (Å²) in [7, 11) is -2.21. The fraction of sp³-hybridized carbons (Fsp3) is 0.440. The Morgan fingerprint density at radius 1 is 1.12 bits per heavy atom. The molecule has 0 bridgehead atoms. The summed E-state index contributed by atoms with van der Waals surface area (Å²) in [5.41, 5.74) is 2.90. The number of nitrogens with one attached hydrogen (secondary N) is 1. The van der Waals surface area contributed by atoms with Gasteiger partial charge >= 0.3 is 0 Å². The predicted octanol–water partition coefficient (Wildman–Crippen LogP) is 3.02. The fourth-order valence-electron chi connectivity index (χ4n) is 3.55. The first-order chi connectivity index (χ1) is 16.0. The number of hydrogen-bond donors (Lipinski definition) is 1. The van der Waals surface area contributed by atoms with Gasteiger partial charge in [-0.3, -0.25) is 13.9 Å². The lowest BCUT2D eigenvalue weighted by Gasteiger charge is -2.32. The van der Waals surface area contributed by atoms with Crippen LogP contribution in [0.15, 0.2) is 42.5 Å². The molecular weight excluding hydrogens is 454 g/mol. The van der Waals surface area contributed by atoms with Crippen molar-refractivity contribution in [2.24, 2.45) is 0 Å². The second-order valence-electron chi connectivity index (χ2n) is 8.33. The van der Waals surface area contributed by atoms with Crippen LogP contribution in [0.3, 0.4) is 0 Å². The summed E-state index contributed by atoms with van der Waals surface area (Å²) in [5.74, 6) is -0.148. The monoisotopic (exact) mass is 489 g/mol. The van der Waals surface area contributed by atoms with Gasteiger partial charge in [-0.2, -0.15) is 0 Å². The number of hydrogen-bond acceptors (Lipinski definition) is 5. The van der Waals surface area contributed by atoms with Crippen LogP contribution in [0.4, 0.5) is 5.69 Å². The second kappa shape index (κ2) is 11.9.